The van der Waals surface area contributed by atoms with Crippen molar-refractivity contribution in [1.29, 1.82) is 0 Å². The number of hydrogen-bond donors (Lipinski definition) is 1. The summed E-state index contributed by atoms with van der Waals surface area (Å²) in [4.78, 5) is 40.4. The summed E-state index contributed by atoms with van der Waals surface area (Å²) in [6.07, 6.45) is 3.92. The number of carbonyl (C=O) groups excluding carboxylic acids is 2. The number of anilines is 1. The molecule has 6 rings (SSSR count). The molecule has 1 fully saturated rings. The molecule has 2 atom stereocenters. The molecule has 4 bridgehead atoms. The van der Waals surface area contributed by atoms with E-state index in [0.717, 1.165) is 47.0 Å². The third kappa shape index (κ3) is 4.05. The highest BCUT2D eigenvalue weighted by molar-refractivity contribution is 6.11. The molecular weight excluding hydrogens is 466 g/mol. The lowest BCUT2D eigenvalue weighted by Crippen LogP contribution is -2.47. The monoisotopic (exact) mass is 497 g/mol. The van der Waals surface area contributed by atoms with Crippen molar-refractivity contribution in [2.75, 3.05) is 31.1 Å². The zero-order valence-electron chi connectivity index (χ0n) is 21.0. The highest BCUT2D eigenvalue weighted by Gasteiger charge is 2.60. The van der Waals surface area contributed by atoms with Gasteiger partial charge in [0, 0.05) is 37.9 Å². The number of amides is 2. The number of nitrogens with zero attached hydrogens (tertiary/aromatic N) is 4. The Hall–Kier alpha value is -3.78. The topological polar surface area (TPSA) is 87.7 Å². The van der Waals surface area contributed by atoms with Crippen LogP contribution in [-0.4, -0.2) is 52.9 Å². The molecular formula is C29H31N5O3. The maximum absolute atomic E-state index is 14.4. The fourth-order valence-electron chi connectivity index (χ4n) is 6.15. The Bertz CT molecular complexity index is 1340. The number of benzene rings is 2. The van der Waals surface area contributed by atoms with Crippen LogP contribution < -0.4 is 15.0 Å². The van der Waals surface area contributed by atoms with Gasteiger partial charge in [0.1, 0.15) is 18.1 Å². The normalized spacial score (nSPS) is 23.6. The molecule has 3 aliphatic heterocycles. The van der Waals surface area contributed by atoms with Crippen LogP contribution in [0.4, 0.5) is 5.69 Å². The highest BCUT2D eigenvalue weighted by Crippen LogP contribution is 2.57. The van der Waals surface area contributed by atoms with Gasteiger partial charge in [-0.1, -0.05) is 37.3 Å². The predicted octanol–water partition coefficient (Wildman–Crippen LogP) is 3.17. The van der Waals surface area contributed by atoms with Crippen molar-refractivity contribution in [1.82, 2.24) is 20.2 Å². The first-order valence-electron chi connectivity index (χ1n) is 13.1. The molecule has 0 saturated carbocycles. The summed E-state index contributed by atoms with van der Waals surface area (Å²) in [6, 6.07) is 17.8. The number of likely N-dealkylation sites (tertiary alicyclic amines) is 1. The van der Waals surface area contributed by atoms with Crippen molar-refractivity contribution >= 4 is 17.5 Å². The van der Waals surface area contributed by atoms with Crippen molar-refractivity contribution in [3.8, 4) is 5.75 Å². The van der Waals surface area contributed by atoms with Crippen molar-refractivity contribution in [2.24, 2.45) is 0 Å². The molecule has 2 amide bonds. The average molecular weight is 498 g/mol. The molecule has 1 aromatic heterocycles. The Morgan fingerprint density at radius 2 is 2.03 bits per heavy atom. The zero-order valence-corrected chi connectivity index (χ0v) is 21.0. The first-order chi connectivity index (χ1) is 18.1. The first-order valence-corrected chi connectivity index (χ1v) is 13.1. The van der Waals surface area contributed by atoms with Crippen molar-refractivity contribution in [3.05, 3.63) is 83.4 Å². The van der Waals surface area contributed by atoms with Crippen LogP contribution in [0.25, 0.3) is 0 Å². The molecule has 1 spiro atoms. The molecule has 2 aromatic carbocycles. The molecule has 8 nitrogen and oxygen atoms in total. The van der Waals surface area contributed by atoms with Crippen molar-refractivity contribution in [2.45, 2.75) is 44.2 Å². The number of ether oxygens (including phenoxy) is 1. The molecule has 1 saturated heterocycles. The minimum Gasteiger partial charge on any atom is -0.494 e. The van der Waals surface area contributed by atoms with E-state index in [4.69, 9.17) is 9.72 Å². The standard InChI is InChI=1S/C29H31N5O3/c1-2-25-30-14-11-21(32-25)18-33-15-12-29-23-9-3-4-10-24(23)34(28(29)36)19-26(35)31-13-6-16-37-22-8-5-7-20(17-22)27(29)33/h3-5,7-11,14,17,27H,2,6,12-13,15-16,18-19H2,1H3,(H,31,35)/t27-,29+/m0/s1. The second-order valence-electron chi connectivity index (χ2n) is 9.95. The van der Waals surface area contributed by atoms with Crippen LogP contribution in [0.3, 0.4) is 0 Å². The maximum Gasteiger partial charge on any atom is 0.240 e. The Labute approximate surface area is 216 Å². The van der Waals surface area contributed by atoms with Crippen molar-refractivity contribution < 1.29 is 14.3 Å². The van der Waals surface area contributed by atoms with E-state index < -0.39 is 5.41 Å². The van der Waals surface area contributed by atoms with E-state index in [1.54, 1.807) is 4.90 Å². The molecule has 190 valence electrons. The minimum absolute atomic E-state index is 0.0109. The number of para-hydroxylation sites is 1. The van der Waals surface area contributed by atoms with Gasteiger partial charge in [0.25, 0.3) is 0 Å². The van der Waals surface area contributed by atoms with Gasteiger partial charge in [-0.05, 0) is 48.2 Å². The van der Waals surface area contributed by atoms with Gasteiger partial charge >= 0.3 is 0 Å². The fraction of sp³-hybridized carbons (Fsp3) is 0.379. The molecule has 1 N–H and O–H groups in total. The van der Waals surface area contributed by atoms with Crippen LogP contribution in [0.2, 0.25) is 0 Å². The highest BCUT2D eigenvalue weighted by atomic mass is 16.5. The predicted molar refractivity (Wildman–Crippen MR) is 139 cm³/mol. The zero-order chi connectivity index (χ0) is 25.4. The number of aryl methyl sites for hydroxylation is 1. The lowest BCUT2D eigenvalue weighted by atomic mass is 9.72. The Morgan fingerprint density at radius 3 is 2.92 bits per heavy atom. The van der Waals surface area contributed by atoms with Crippen molar-refractivity contribution in [3.63, 3.8) is 0 Å². The Balaban J connectivity index is 1.50. The summed E-state index contributed by atoms with van der Waals surface area (Å²) in [5, 5.41) is 2.95. The average Bonchev–Trinajstić information content (AvgIpc) is 3.40. The third-order valence-corrected chi connectivity index (χ3v) is 7.76. The molecule has 37 heavy (non-hydrogen) atoms. The summed E-state index contributed by atoms with van der Waals surface area (Å²) in [5.41, 5.74) is 2.97. The van der Waals surface area contributed by atoms with E-state index in [1.807, 2.05) is 49.5 Å². The molecule has 3 aliphatic rings. The molecule has 0 aliphatic carbocycles. The molecule has 3 aromatic rings. The number of rotatable bonds is 3. The van der Waals surface area contributed by atoms with Gasteiger partial charge in [0.15, 0.2) is 0 Å². The molecule has 0 radical (unpaired) electrons. The lowest BCUT2D eigenvalue weighted by Gasteiger charge is -2.35. The Kier molecular flexibility index (Phi) is 6.12. The van der Waals surface area contributed by atoms with Gasteiger partial charge < -0.3 is 15.0 Å². The maximum atomic E-state index is 14.4. The third-order valence-electron chi connectivity index (χ3n) is 7.76. The van der Waals surface area contributed by atoms with Crippen LogP contribution >= 0.6 is 0 Å². The number of carbonyl (C=O) groups is 2. The molecule has 8 heteroatoms. The Morgan fingerprint density at radius 1 is 1.14 bits per heavy atom. The van der Waals surface area contributed by atoms with Crippen LogP contribution in [0.1, 0.15) is 48.5 Å². The largest absolute Gasteiger partial charge is 0.494 e. The summed E-state index contributed by atoms with van der Waals surface area (Å²) < 4.78 is 6.05. The van der Waals surface area contributed by atoms with E-state index in [0.29, 0.717) is 32.5 Å². The van der Waals surface area contributed by atoms with Gasteiger partial charge in [0.05, 0.1) is 23.8 Å². The van der Waals surface area contributed by atoms with Crippen LogP contribution in [0, 0.1) is 0 Å². The fourth-order valence-corrected chi connectivity index (χ4v) is 6.15. The van der Waals surface area contributed by atoms with Crippen LogP contribution in [-0.2, 0) is 28.0 Å². The second kappa shape index (κ2) is 9.59. The number of nitrogens with one attached hydrogen (secondary N) is 1. The summed E-state index contributed by atoms with van der Waals surface area (Å²) in [7, 11) is 0. The van der Waals surface area contributed by atoms with Gasteiger partial charge in [-0.15, -0.1) is 0 Å². The SMILES string of the molecule is CCc1nccc(CN2CC[C@]34C(=O)N(CC(=O)NCCCOc5cccc(c5)[C@H]23)c2ccccc24)n1. The number of fused-ring (bicyclic) bond motifs is 6. The summed E-state index contributed by atoms with van der Waals surface area (Å²) in [5.74, 6) is 1.41. The van der Waals surface area contributed by atoms with E-state index in [2.05, 4.69) is 33.4 Å². The van der Waals surface area contributed by atoms with E-state index in [-0.39, 0.29) is 24.4 Å². The van der Waals surface area contributed by atoms with Crippen LogP contribution in [0.5, 0.6) is 5.75 Å². The first kappa shape index (κ1) is 23.6. The molecule has 0 unspecified atom stereocenters. The summed E-state index contributed by atoms with van der Waals surface area (Å²) >= 11 is 0. The number of hydrogen-bond acceptors (Lipinski definition) is 6. The van der Waals surface area contributed by atoms with Crippen LogP contribution in [0.15, 0.2) is 60.8 Å². The van der Waals surface area contributed by atoms with Gasteiger partial charge in [-0.3, -0.25) is 14.5 Å². The molecule has 4 heterocycles. The quantitative estimate of drug-likeness (QED) is 0.598. The van der Waals surface area contributed by atoms with Gasteiger partial charge in [-0.2, -0.15) is 0 Å². The van der Waals surface area contributed by atoms with E-state index in [9.17, 15) is 9.59 Å². The van der Waals surface area contributed by atoms with Gasteiger partial charge in [0.2, 0.25) is 11.8 Å². The second-order valence-corrected chi connectivity index (χ2v) is 9.95. The van der Waals surface area contributed by atoms with E-state index >= 15 is 0 Å². The minimum atomic E-state index is -0.805. The van der Waals surface area contributed by atoms with E-state index in [1.165, 1.54) is 0 Å². The van der Waals surface area contributed by atoms with Gasteiger partial charge in [-0.25, -0.2) is 9.97 Å². The summed E-state index contributed by atoms with van der Waals surface area (Å²) in [6.45, 7) is 4.39. The lowest BCUT2D eigenvalue weighted by molar-refractivity contribution is -0.127. The number of aromatic nitrogens is 2. The smallest absolute Gasteiger partial charge is 0.240 e.